The molecular formula is C22H28ClNO5. The summed E-state index contributed by atoms with van der Waals surface area (Å²) < 4.78 is 12.9. The number of benzene rings is 1. The molecule has 2 N–H and O–H groups in total. The zero-order valence-corrected chi connectivity index (χ0v) is 17.8. The van der Waals surface area contributed by atoms with E-state index in [9.17, 15) is 9.59 Å². The first-order valence-electron chi connectivity index (χ1n) is 10.3. The van der Waals surface area contributed by atoms with Crippen LogP contribution in [0.3, 0.4) is 0 Å². The fourth-order valence-electron chi connectivity index (χ4n) is 4.77. The number of fused-ring (bicyclic) bond motifs is 2. The summed E-state index contributed by atoms with van der Waals surface area (Å²) in [5.41, 5.74) is 0.250. The quantitative estimate of drug-likeness (QED) is 0.699. The molecule has 2 aliphatic heterocycles. The molecule has 0 unspecified atom stereocenters. The monoisotopic (exact) mass is 421 g/mol. The topological polar surface area (TPSA) is 84.9 Å². The van der Waals surface area contributed by atoms with E-state index in [-0.39, 0.29) is 29.8 Å². The van der Waals surface area contributed by atoms with Gasteiger partial charge in [0.1, 0.15) is 17.5 Å². The number of aliphatic carboxylic acids is 1. The van der Waals surface area contributed by atoms with Crippen molar-refractivity contribution < 1.29 is 24.2 Å². The minimum Gasteiger partial charge on any atom is -0.487 e. The van der Waals surface area contributed by atoms with Crippen molar-refractivity contribution in [2.24, 2.45) is 17.8 Å². The van der Waals surface area contributed by atoms with Gasteiger partial charge in [0.25, 0.3) is 0 Å². The maximum atomic E-state index is 12.3. The summed E-state index contributed by atoms with van der Waals surface area (Å²) in [7, 11) is 0. The zero-order valence-electron chi connectivity index (χ0n) is 17.0. The van der Waals surface area contributed by atoms with Gasteiger partial charge in [-0.3, -0.25) is 9.59 Å². The van der Waals surface area contributed by atoms with E-state index in [0.29, 0.717) is 28.7 Å². The number of hydrogen-bond donors (Lipinski definition) is 2. The maximum Gasteiger partial charge on any atom is 0.307 e. The summed E-state index contributed by atoms with van der Waals surface area (Å²) in [6, 6.07) is 5.46. The van der Waals surface area contributed by atoms with Crippen LogP contribution in [0, 0.1) is 17.8 Å². The second-order valence-corrected chi connectivity index (χ2v) is 9.57. The van der Waals surface area contributed by atoms with Crippen molar-refractivity contribution in [1.29, 1.82) is 0 Å². The third-order valence-electron chi connectivity index (χ3n) is 6.97. The van der Waals surface area contributed by atoms with Gasteiger partial charge in [-0.2, -0.15) is 0 Å². The van der Waals surface area contributed by atoms with E-state index in [1.54, 1.807) is 6.07 Å². The van der Waals surface area contributed by atoms with E-state index in [1.165, 1.54) is 0 Å². The molecule has 2 bridgehead atoms. The Morgan fingerprint density at radius 1 is 1.34 bits per heavy atom. The molecule has 7 heteroatoms. The Balaban J connectivity index is 1.46. The minimum absolute atomic E-state index is 0.0774. The first-order valence-corrected chi connectivity index (χ1v) is 10.7. The van der Waals surface area contributed by atoms with Crippen molar-refractivity contribution in [3.63, 3.8) is 0 Å². The molecule has 6 nitrogen and oxygen atoms in total. The highest BCUT2D eigenvalue weighted by atomic mass is 35.5. The first-order chi connectivity index (χ1) is 13.7. The number of amides is 1. The van der Waals surface area contributed by atoms with Gasteiger partial charge in [0.2, 0.25) is 5.91 Å². The van der Waals surface area contributed by atoms with E-state index in [1.807, 2.05) is 12.1 Å². The third kappa shape index (κ3) is 3.61. The second-order valence-electron chi connectivity index (χ2n) is 9.17. The predicted molar refractivity (Wildman–Crippen MR) is 108 cm³/mol. The van der Waals surface area contributed by atoms with E-state index >= 15 is 0 Å². The second kappa shape index (κ2) is 7.17. The molecule has 1 aliphatic carbocycles. The molecule has 0 radical (unpaired) electrons. The van der Waals surface area contributed by atoms with Gasteiger partial charge >= 0.3 is 5.97 Å². The van der Waals surface area contributed by atoms with Gasteiger partial charge in [-0.1, -0.05) is 31.5 Å². The standard InChI is InChI=1S/C22H28ClNO5/c1-12(2)22-8-7-21(3,29-22)18(10-22)28-17-6-4-5-16(23)15(17)11-24-19(25)13-9-14(13)20(26)27/h4-6,12-14,18H,7-11H2,1-3H3,(H,24,25)(H,26,27)/t13-,14+,18+,21-,22-/m1/s1. The van der Waals surface area contributed by atoms with E-state index in [2.05, 4.69) is 26.1 Å². The molecule has 0 spiro atoms. The Labute approximate surface area is 175 Å². The molecule has 1 aromatic carbocycles. The van der Waals surface area contributed by atoms with Gasteiger partial charge in [-0.15, -0.1) is 0 Å². The summed E-state index contributed by atoms with van der Waals surface area (Å²) in [5.74, 6) is -1.15. The highest BCUT2D eigenvalue weighted by molar-refractivity contribution is 6.31. The molecule has 5 atom stereocenters. The van der Waals surface area contributed by atoms with Gasteiger partial charge in [0, 0.05) is 23.6 Å². The van der Waals surface area contributed by atoms with Crippen LogP contribution in [0.5, 0.6) is 5.75 Å². The van der Waals surface area contributed by atoms with E-state index < -0.39 is 17.8 Å². The van der Waals surface area contributed by atoms with Crippen molar-refractivity contribution in [1.82, 2.24) is 5.32 Å². The summed E-state index contributed by atoms with van der Waals surface area (Å²) in [6.07, 6.45) is 3.16. The van der Waals surface area contributed by atoms with Crippen molar-refractivity contribution in [3.8, 4) is 5.75 Å². The van der Waals surface area contributed by atoms with Crippen LogP contribution in [0.25, 0.3) is 0 Å². The Bertz CT molecular complexity index is 842. The summed E-state index contributed by atoms with van der Waals surface area (Å²) in [5, 5.41) is 12.3. The Hall–Kier alpha value is -1.79. The van der Waals surface area contributed by atoms with Crippen molar-refractivity contribution >= 4 is 23.5 Å². The lowest BCUT2D eigenvalue weighted by Crippen LogP contribution is -2.40. The number of carboxylic acids is 1. The number of carbonyl (C=O) groups excluding carboxylic acids is 1. The molecule has 158 valence electrons. The largest absolute Gasteiger partial charge is 0.487 e. The number of carboxylic acid groups (broad SMARTS) is 1. The lowest BCUT2D eigenvalue weighted by atomic mass is 9.75. The minimum atomic E-state index is -0.921. The highest BCUT2D eigenvalue weighted by Gasteiger charge is 2.61. The van der Waals surface area contributed by atoms with Crippen molar-refractivity contribution in [2.75, 3.05) is 0 Å². The van der Waals surface area contributed by atoms with Crippen molar-refractivity contribution in [3.05, 3.63) is 28.8 Å². The zero-order chi connectivity index (χ0) is 21.0. The van der Waals surface area contributed by atoms with Crippen LogP contribution in [0.1, 0.15) is 52.0 Å². The summed E-state index contributed by atoms with van der Waals surface area (Å²) in [4.78, 5) is 23.2. The molecule has 2 heterocycles. The molecule has 1 aromatic rings. The number of halogens is 1. The van der Waals surface area contributed by atoms with Gasteiger partial charge in [-0.05, 0) is 44.2 Å². The molecule has 1 saturated carbocycles. The first kappa shape index (κ1) is 20.5. The smallest absolute Gasteiger partial charge is 0.307 e. The number of nitrogens with one attached hydrogen (secondary N) is 1. The van der Waals surface area contributed by atoms with Crippen LogP contribution in [-0.2, 0) is 20.9 Å². The van der Waals surface area contributed by atoms with Crippen LogP contribution in [0.4, 0.5) is 0 Å². The lowest BCUT2D eigenvalue weighted by molar-refractivity contribution is -0.140. The number of rotatable bonds is 7. The third-order valence-corrected chi connectivity index (χ3v) is 7.33. The van der Waals surface area contributed by atoms with Gasteiger partial charge in [-0.25, -0.2) is 0 Å². The Morgan fingerprint density at radius 3 is 2.72 bits per heavy atom. The SMILES string of the molecule is CC(C)[C@]12CC[C@@](C)(O1)[C@@H](Oc1cccc(Cl)c1CNC(=O)[C@@H]1C[C@@H]1C(=O)O)C2. The van der Waals surface area contributed by atoms with E-state index in [0.717, 1.165) is 19.3 Å². The Morgan fingerprint density at radius 2 is 2.10 bits per heavy atom. The molecule has 0 aromatic heterocycles. The van der Waals surface area contributed by atoms with Crippen LogP contribution in [0.2, 0.25) is 5.02 Å². The fourth-order valence-corrected chi connectivity index (χ4v) is 5.01. The van der Waals surface area contributed by atoms with Crippen LogP contribution in [-0.4, -0.2) is 34.3 Å². The molecule has 29 heavy (non-hydrogen) atoms. The summed E-state index contributed by atoms with van der Waals surface area (Å²) in [6.45, 7) is 6.70. The Kier molecular flexibility index (Phi) is 5.06. The number of hydrogen-bond acceptors (Lipinski definition) is 4. The molecule has 2 saturated heterocycles. The van der Waals surface area contributed by atoms with Gasteiger partial charge < -0.3 is 19.9 Å². The highest BCUT2D eigenvalue weighted by Crippen LogP contribution is 2.55. The molecule has 3 aliphatic rings. The van der Waals surface area contributed by atoms with Crippen LogP contribution in [0.15, 0.2) is 18.2 Å². The molecule has 1 amide bonds. The van der Waals surface area contributed by atoms with Gasteiger partial charge in [0.15, 0.2) is 0 Å². The number of ether oxygens (including phenoxy) is 2. The van der Waals surface area contributed by atoms with Crippen LogP contribution >= 0.6 is 11.6 Å². The molecule has 3 fully saturated rings. The average Bonchev–Trinajstić information content (AvgIpc) is 3.32. The molecule has 4 rings (SSSR count). The number of carbonyl (C=O) groups is 2. The summed E-state index contributed by atoms with van der Waals surface area (Å²) >= 11 is 6.41. The average molecular weight is 422 g/mol. The fraction of sp³-hybridized carbons (Fsp3) is 0.636. The van der Waals surface area contributed by atoms with E-state index in [4.69, 9.17) is 26.2 Å². The normalized spacial score (nSPS) is 35.0. The lowest BCUT2D eigenvalue weighted by Gasteiger charge is -2.32. The van der Waals surface area contributed by atoms with Gasteiger partial charge in [0.05, 0.1) is 17.4 Å². The maximum absolute atomic E-state index is 12.3. The van der Waals surface area contributed by atoms with Crippen molar-refractivity contribution in [2.45, 2.75) is 70.3 Å². The molecular weight excluding hydrogens is 394 g/mol. The predicted octanol–water partition coefficient (Wildman–Crippen LogP) is 3.79. The van der Waals surface area contributed by atoms with Crippen LogP contribution < -0.4 is 10.1 Å².